The highest BCUT2D eigenvalue weighted by Gasteiger charge is 2.43. The number of carbonyl (C=O) groups is 1. The van der Waals surface area contributed by atoms with E-state index in [1.54, 1.807) is 13.0 Å². The molecule has 1 aromatic carbocycles. The molecule has 2 aliphatic rings. The second-order valence-corrected chi connectivity index (χ2v) is 10.5. The maximum absolute atomic E-state index is 13.8. The molecule has 0 bridgehead atoms. The van der Waals surface area contributed by atoms with Crippen LogP contribution in [0.5, 0.6) is 5.75 Å². The zero-order valence-corrected chi connectivity index (χ0v) is 22.4. The van der Waals surface area contributed by atoms with Crippen LogP contribution >= 0.6 is 0 Å². The van der Waals surface area contributed by atoms with Gasteiger partial charge in [0.1, 0.15) is 28.7 Å². The van der Waals surface area contributed by atoms with Crippen LogP contribution in [0.3, 0.4) is 0 Å². The van der Waals surface area contributed by atoms with Gasteiger partial charge in [-0.3, -0.25) is 4.79 Å². The number of hydrogen-bond donors (Lipinski definition) is 0. The Hall–Kier alpha value is -4.52. The molecule has 0 N–H and O–H groups in total. The maximum Gasteiger partial charge on any atom is 0.417 e. The van der Waals surface area contributed by atoms with E-state index in [1.807, 2.05) is 0 Å². The van der Waals surface area contributed by atoms with E-state index < -0.39 is 35.8 Å². The van der Waals surface area contributed by atoms with Crippen molar-refractivity contribution in [2.45, 2.75) is 57.0 Å². The highest BCUT2D eigenvalue weighted by molar-refractivity contribution is 5.96. The van der Waals surface area contributed by atoms with Gasteiger partial charge < -0.3 is 14.2 Å². The molecule has 0 aliphatic carbocycles. The average molecular weight is 588 g/mol. The maximum atomic E-state index is 13.8. The number of nitrogens with zero attached hydrogens (tertiary/aromatic N) is 5. The van der Waals surface area contributed by atoms with E-state index in [0.717, 1.165) is 6.07 Å². The third-order valence-corrected chi connectivity index (χ3v) is 7.81. The topological polar surface area (TPSA) is 94.9 Å². The number of pyridine rings is 1. The minimum Gasteiger partial charge on any atom is -0.496 e. The molecule has 4 heterocycles. The summed E-state index contributed by atoms with van der Waals surface area (Å²) in [6.07, 6.45) is -8.96. The summed E-state index contributed by atoms with van der Waals surface area (Å²) in [4.78, 5) is 18.7. The van der Waals surface area contributed by atoms with Crippen LogP contribution in [0.2, 0.25) is 0 Å². The Morgan fingerprint density at radius 1 is 1.07 bits per heavy atom. The van der Waals surface area contributed by atoms with E-state index in [2.05, 4.69) is 11.1 Å². The molecule has 13 heteroatoms. The summed E-state index contributed by atoms with van der Waals surface area (Å²) in [5.74, 6) is -0.459. The van der Waals surface area contributed by atoms with Crippen molar-refractivity contribution in [3.05, 3.63) is 58.5 Å². The fourth-order valence-electron chi connectivity index (χ4n) is 5.80. The molecule has 0 unspecified atom stereocenters. The summed E-state index contributed by atoms with van der Waals surface area (Å²) in [5.41, 5.74) is -2.00. The summed E-state index contributed by atoms with van der Waals surface area (Å²) in [6.45, 7) is 2.03. The van der Waals surface area contributed by atoms with Crippen LogP contribution in [0.1, 0.15) is 52.6 Å². The largest absolute Gasteiger partial charge is 0.496 e. The lowest BCUT2D eigenvalue weighted by atomic mass is 9.90. The minimum atomic E-state index is -4.77. The number of likely N-dealkylation sites (tertiary alicyclic amines) is 1. The molecule has 0 saturated carbocycles. The lowest BCUT2D eigenvalue weighted by Crippen LogP contribution is -2.44. The summed E-state index contributed by atoms with van der Waals surface area (Å²) < 4.78 is 88.9. The number of rotatable bonds is 4. The molecule has 42 heavy (non-hydrogen) atoms. The van der Waals surface area contributed by atoms with E-state index in [9.17, 15) is 41.7 Å². The molecule has 1 saturated heterocycles. The summed E-state index contributed by atoms with van der Waals surface area (Å²) in [7, 11) is 1.29. The second kappa shape index (κ2) is 10.1. The van der Waals surface area contributed by atoms with Crippen molar-refractivity contribution < 1.29 is 35.9 Å². The van der Waals surface area contributed by atoms with Gasteiger partial charge in [-0.2, -0.15) is 36.9 Å². The number of aromatic nitrogens is 2. The first-order valence-corrected chi connectivity index (χ1v) is 12.9. The number of alkyl halides is 6. The van der Waals surface area contributed by atoms with Gasteiger partial charge in [0.15, 0.2) is 0 Å². The fourth-order valence-corrected chi connectivity index (χ4v) is 5.80. The molecule has 5 rings (SSSR count). The number of benzene rings is 1. The van der Waals surface area contributed by atoms with E-state index in [0.29, 0.717) is 24.6 Å². The number of fused-ring (bicyclic) bond motifs is 3. The quantitative estimate of drug-likeness (QED) is 0.334. The van der Waals surface area contributed by atoms with Crippen molar-refractivity contribution in [3.8, 4) is 40.3 Å². The van der Waals surface area contributed by atoms with Crippen LogP contribution in [0.4, 0.5) is 26.3 Å². The number of methoxy groups -OCH3 is 1. The zero-order valence-electron chi connectivity index (χ0n) is 22.4. The van der Waals surface area contributed by atoms with Crippen LogP contribution in [0.15, 0.2) is 30.5 Å². The molecule has 1 atom stereocenters. The molecule has 1 fully saturated rings. The predicted octanol–water partition coefficient (Wildman–Crippen LogP) is 6.30. The second-order valence-electron chi connectivity index (χ2n) is 10.5. The van der Waals surface area contributed by atoms with Gasteiger partial charge in [-0.1, -0.05) is 0 Å². The minimum absolute atomic E-state index is 0.00547. The number of hydrogen-bond acceptors (Lipinski definition) is 5. The highest BCUT2D eigenvalue weighted by atomic mass is 19.4. The molecular formula is C29H23F6N5O2. The van der Waals surface area contributed by atoms with Crippen molar-refractivity contribution in [2.75, 3.05) is 13.7 Å². The van der Waals surface area contributed by atoms with Crippen molar-refractivity contribution in [1.29, 1.82) is 10.5 Å². The van der Waals surface area contributed by atoms with Crippen LogP contribution < -0.4 is 4.74 Å². The number of ether oxygens (including phenoxy) is 1. The van der Waals surface area contributed by atoms with Crippen LogP contribution in [0, 0.1) is 22.7 Å². The van der Waals surface area contributed by atoms with Gasteiger partial charge in [0.25, 0.3) is 5.91 Å². The first kappa shape index (κ1) is 29.0. The molecule has 0 spiro atoms. The Kier molecular flexibility index (Phi) is 6.96. The molecule has 1 amide bonds. The molecule has 0 radical (unpaired) electrons. The van der Waals surface area contributed by atoms with Gasteiger partial charge >= 0.3 is 12.4 Å². The molecule has 2 aliphatic heterocycles. The molecule has 7 nitrogen and oxygen atoms in total. The van der Waals surface area contributed by atoms with Gasteiger partial charge in [-0.15, -0.1) is 0 Å². The number of carbonyl (C=O) groups excluding carboxylic acids is 1. The SMILES string of the molecule is COc1cc2c(cc1-c1cc(C(F)(F)F)cnc1C#N)-c1c(CC(F)(F)F)cc(C(=O)N3CCC[C@]3(C)C#N)n1CC2. The molecule has 3 aromatic rings. The van der Waals surface area contributed by atoms with Crippen molar-refractivity contribution in [3.63, 3.8) is 0 Å². The predicted molar refractivity (Wildman–Crippen MR) is 137 cm³/mol. The van der Waals surface area contributed by atoms with Gasteiger partial charge in [0, 0.05) is 36.0 Å². The van der Waals surface area contributed by atoms with E-state index in [4.69, 9.17) is 4.74 Å². The van der Waals surface area contributed by atoms with Gasteiger partial charge in [-0.05, 0) is 61.6 Å². The number of halogens is 6. The van der Waals surface area contributed by atoms with Crippen molar-refractivity contribution in [2.24, 2.45) is 0 Å². The fraction of sp³-hybridized carbons (Fsp3) is 0.379. The average Bonchev–Trinajstić information content (AvgIpc) is 3.51. The third kappa shape index (κ3) is 4.93. The van der Waals surface area contributed by atoms with E-state index >= 15 is 0 Å². The lowest BCUT2D eigenvalue weighted by molar-refractivity contribution is -0.137. The number of amides is 1. The molecular weight excluding hydrogens is 564 g/mol. The van der Waals surface area contributed by atoms with Gasteiger partial charge in [0.2, 0.25) is 0 Å². The van der Waals surface area contributed by atoms with Gasteiger partial charge in [-0.25, -0.2) is 4.98 Å². The van der Waals surface area contributed by atoms with Crippen LogP contribution in [-0.4, -0.2) is 45.7 Å². The normalized spacial score (nSPS) is 18.2. The van der Waals surface area contributed by atoms with E-state index in [-0.39, 0.29) is 64.6 Å². The van der Waals surface area contributed by atoms with E-state index in [1.165, 1.54) is 34.8 Å². The highest BCUT2D eigenvalue weighted by Crippen LogP contribution is 2.45. The monoisotopic (exact) mass is 587 g/mol. The smallest absolute Gasteiger partial charge is 0.417 e. The van der Waals surface area contributed by atoms with Crippen LogP contribution in [-0.2, 0) is 25.6 Å². The van der Waals surface area contributed by atoms with Crippen LogP contribution in [0.25, 0.3) is 22.4 Å². The number of nitriles is 2. The standard InChI is InChI=1S/C29H23F6N5O2/c1-27(15-37)5-3-6-40(27)26(41)23-8-17(12-28(30,31)32)25-19-11-21(24(42-2)9-16(19)4-7-39(23)25)20-10-18(29(33,34)35)14-38-22(20)13-36/h8-11,14H,3-7,12H2,1-2H3/t27-/m1/s1. The van der Waals surface area contributed by atoms with Crippen molar-refractivity contribution >= 4 is 5.91 Å². The van der Waals surface area contributed by atoms with Crippen molar-refractivity contribution in [1.82, 2.24) is 14.5 Å². The van der Waals surface area contributed by atoms with Gasteiger partial charge in [0.05, 0.1) is 30.9 Å². The number of aryl methyl sites for hydroxylation is 1. The first-order valence-electron chi connectivity index (χ1n) is 12.9. The summed E-state index contributed by atoms with van der Waals surface area (Å²) in [6, 6.07) is 8.75. The summed E-state index contributed by atoms with van der Waals surface area (Å²) in [5, 5.41) is 19.3. The zero-order chi connectivity index (χ0) is 30.6. The Balaban J connectivity index is 1.74. The Labute approximate surface area is 236 Å². The Morgan fingerprint density at radius 3 is 2.43 bits per heavy atom. The molecule has 2 aromatic heterocycles. The Bertz CT molecular complexity index is 1680. The first-order chi connectivity index (χ1) is 19.7. The summed E-state index contributed by atoms with van der Waals surface area (Å²) >= 11 is 0. The third-order valence-electron chi connectivity index (χ3n) is 7.81. The molecule has 218 valence electrons. The Morgan fingerprint density at radius 2 is 1.81 bits per heavy atom. The lowest BCUT2D eigenvalue weighted by Gasteiger charge is -2.30.